The van der Waals surface area contributed by atoms with Gasteiger partial charge in [-0.05, 0) is 54.2 Å². The first-order valence-corrected chi connectivity index (χ1v) is 11.1. The van der Waals surface area contributed by atoms with Crippen molar-refractivity contribution in [2.24, 2.45) is 0 Å². The molecule has 0 aromatic heterocycles. The average molecular weight is 451 g/mol. The minimum Gasteiger partial charge on any atom is -0.491 e. The molecule has 0 amide bonds. The van der Waals surface area contributed by atoms with Crippen LogP contribution in [0.3, 0.4) is 0 Å². The molecule has 170 valence electrons. The summed E-state index contributed by atoms with van der Waals surface area (Å²) in [5.41, 5.74) is 2.57. The van der Waals surface area contributed by atoms with Crippen molar-refractivity contribution in [3.05, 3.63) is 64.2 Å². The van der Waals surface area contributed by atoms with Crippen LogP contribution >= 0.6 is 11.6 Å². The van der Waals surface area contributed by atoms with E-state index in [0.29, 0.717) is 36.3 Å². The van der Waals surface area contributed by atoms with E-state index in [-0.39, 0.29) is 12.8 Å². The molecule has 4 N–H and O–H groups in total. The van der Waals surface area contributed by atoms with E-state index in [1.165, 1.54) is 0 Å². The summed E-state index contributed by atoms with van der Waals surface area (Å²) < 4.78 is 11.3. The third-order valence-electron chi connectivity index (χ3n) is 5.25. The Hall–Kier alpha value is -1.67. The minimum atomic E-state index is -0.999. The first-order chi connectivity index (χ1) is 14.9. The summed E-state index contributed by atoms with van der Waals surface area (Å²) in [4.78, 5) is 0. The van der Waals surface area contributed by atoms with Gasteiger partial charge in [-0.3, -0.25) is 0 Å². The van der Waals surface area contributed by atoms with Crippen molar-refractivity contribution in [1.82, 2.24) is 0 Å². The topological polar surface area (TPSA) is 99.4 Å². The van der Waals surface area contributed by atoms with Gasteiger partial charge in [0.25, 0.3) is 0 Å². The first-order valence-electron chi connectivity index (χ1n) is 10.7. The Morgan fingerprint density at radius 2 is 1.68 bits per heavy atom. The third kappa shape index (κ3) is 8.07. The lowest BCUT2D eigenvalue weighted by molar-refractivity contribution is 0.0180. The quantitative estimate of drug-likeness (QED) is 0.350. The number of benzene rings is 2. The maximum Gasteiger partial charge on any atom is 0.119 e. The fourth-order valence-electron chi connectivity index (χ4n) is 3.35. The van der Waals surface area contributed by atoms with Crippen LogP contribution < -0.4 is 4.74 Å². The number of hydrogen-bond donors (Lipinski definition) is 4. The Morgan fingerprint density at radius 1 is 0.935 bits per heavy atom. The predicted octanol–water partition coefficient (Wildman–Crippen LogP) is 3.02. The zero-order valence-corrected chi connectivity index (χ0v) is 18.2. The highest BCUT2D eigenvalue weighted by molar-refractivity contribution is 6.31. The van der Waals surface area contributed by atoms with Gasteiger partial charge in [0.1, 0.15) is 12.4 Å². The summed E-state index contributed by atoms with van der Waals surface area (Å²) in [5, 5.41) is 39.4. The SMILES string of the molecule is OC[C@H](O)C[C@H](O)CC(O)c1ccc(Cl)c(Cc2ccc(OCCOC3CC3)cc2)c1. The van der Waals surface area contributed by atoms with E-state index < -0.39 is 24.9 Å². The van der Waals surface area contributed by atoms with Gasteiger partial charge in [-0.2, -0.15) is 0 Å². The zero-order valence-electron chi connectivity index (χ0n) is 17.5. The molecule has 1 fully saturated rings. The van der Waals surface area contributed by atoms with Crippen LogP contribution in [0.4, 0.5) is 0 Å². The van der Waals surface area contributed by atoms with Gasteiger partial charge in [-0.15, -0.1) is 0 Å². The summed E-state index contributed by atoms with van der Waals surface area (Å²) in [6, 6.07) is 13.1. The van der Waals surface area contributed by atoms with Crippen LogP contribution in [0.25, 0.3) is 0 Å². The molecule has 0 heterocycles. The highest BCUT2D eigenvalue weighted by Crippen LogP contribution is 2.27. The second-order valence-electron chi connectivity index (χ2n) is 8.07. The fourth-order valence-corrected chi connectivity index (χ4v) is 3.53. The summed E-state index contributed by atoms with van der Waals surface area (Å²) in [7, 11) is 0. The van der Waals surface area contributed by atoms with Crippen molar-refractivity contribution in [2.75, 3.05) is 19.8 Å². The van der Waals surface area contributed by atoms with Crippen LogP contribution in [-0.4, -0.2) is 58.6 Å². The monoisotopic (exact) mass is 450 g/mol. The molecule has 2 aromatic carbocycles. The minimum absolute atomic E-state index is 0.00906. The van der Waals surface area contributed by atoms with Crippen LogP contribution in [0.1, 0.15) is 48.5 Å². The lowest BCUT2D eigenvalue weighted by Crippen LogP contribution is -2.22. The highest BCUT2D eigenvalue weighted by Gasteiger charge is 2.21. The summed E-state index contributed by atoms with van der Waals surface area (Å²) in [5.74, 6) is 0.789. The smallest absolute Gasteiger partial charge is 0.119 e. The molecule has 0 radical (unpaired) electrons. The molecule has 1 aliphatic rings. The van der Waals surface area contributed by atoms with Crippen molar-refractivity contribution in [3.63, 3.8) is 0 Å². The molecule has 0 saturated heterocycles. The zero-order chi connectivity index (χ0) is 22.2. The van der Waals surface area contributed by atoms with Crippen LogP contribution in [-0.2, 0) is 11.2 Å². The Labute approximate surface area is 188 Å². The molecular weight excluding hydrogens is 420 g/mol. The molecule has 7 heteroatoms. The van der Waals surface area contributed by atoms with Gasteiger partial charge >= 0.3 is 0 Å². The lowest BCUT2D eigenvalue weighted by atomic mass is 9.96. The summed E-state index contributed by atoms with van der Waals surface area (Å²) in [6.45, 7) is 0.712. The van der Waals surface area contributed by atoms with Crippen molar-refractivity contribution < 1.29 is 29.9 Å². The van der Waals surface area contributed by atoms with E-state index in [1.807, 2.05) is 30.3 Å². The molecule has 0 bridgehead atoms. The Morgan fingerprint density at radius 3 is 2.35 bits per heavy atom. The maximum atomic E-state index is 10.5. The van der Waals surface area contributed by atoms with E-state index in [4.69, 9.17) is 26.2 Å². The summed E-state index contributed by atoms with van der Waals surface area (Å²) >= 11 is 6.36. The number of halogens is 1. The predicted molar refractivity (Wildman–Crippen MR) is 118 cm³/mol. The van der Waals surface area contributed by atoms with Gasteiger partial charge in [0, 0.05) is 17.9 Å². The normalized spacial score (nSPS) is 16.7. The molecule has 6 nitrogen and oxygen atoms in total. The Kier molecular flexibility index (Phi) is 9.14. The van der Waals surface area contributed by atoms with E-state index in [2.05, 4.69) is 0 Å². The number of aliphatic hydroxyl groups excluding tert-OH is 4. The van der Waals surface area contributed by atoms with Crippen molar-refractivity contribution in [1.29, 1.82) is 0 Å². The molecule has 0 aliphatic heterocycles. The molecule has 1 unspecified atom stereocenters. The maximum absolute atomic E-state index is 10.5. The van der Waals surface area contributed by atoms with Gasteiger partial charge in [0.05, 0.1) is 37.6 Å². The van der Waals surface area contributed by atoms with E-state index in [9.17, 15) is 15.3 Å². The average Bonchev–Trinajstić information content (AvgIpc) is 3.58. The largest absolute Gasteiger partial charge is 0.491 e. The number of rotatable bonds is 13. The fraction of sp³-hybridized carbons (Fsp3) is 0.500. The number of aliphatic hydroxyl groups is 4. The van der Waals surface area contributed by atoms with Crippen LogP contribution in [0.5, 0.6) is 5.75 Å². The van der Waals surface area contributed by atoms with Crippen LogP contribution in [0, 0.1) is 0 Å². The molecule has 3 rings (SSSR count). The van der Waals surface area contributed by atoms with E-state index >= 15 is 0 Å². The molecular formula is C24H31ClO6. The molecule has 2 aromatic rings. The standard InChI is InChI=1S/C24H31ClO6/c25-23-8-3-17(24(29)14-19(27)13-20(28)15-26)12-18(23)11-16-1-4-21(5-2-16)30-9-10-31-22-6-7-22/h1-5,8,12,19-20,22,24,26-29H,6-7,9-11,13-15H2/t19-,20+,24?/m0/s1. The van der Waals surface area contributed by atoms with Gasteiger partial charge in [-0.1, -0.05) is 35.9 Å². The van der Waals surface area contributed by atoms with Gasteiger partial charge in [0.15, 0.2) is 0 Å². The summed E-state index contributed by atoms with van der Waals surface area (Å²) in [6.07, 6.45) is 0.594. The molecule has 1 saturated carbocycles. The van der Waals surface area contributed by atoms with Crippen molar-refractivity contribution in [3.8, 4) is 5.75 Å². The molecule has 1 aliphatic carbocycles. The first kappa shape index (κ1) is 24.0. The van der Waals surface area contributed by atoms with Gasteiger partial charge in [-0.25, -0.2) is 0 Å². The number of hydrogen-bond acceptors (Lipinski definition) is 6. The highest BCUT2D eigenvalue weighted by atomic mass is 35.5. The number of ether oxygens (including phenoxy) is 2. The Bertz CT molecular complexity index is 808. The van der Waals surface area contributed by atoms with E-state index in [0.717, 1.165) is 29.7 Å². The molecule has 31 heavy (non-hydrogen) atoms. The molecule has 3 atom stereocenters. The second kappa shape index (κ2) is 11.8. The lowest BCUT2D eigenvalue weighted by Gasteiger charge is -2.19. The van der Waals surface area contributed by atoms with Crippen molar-refractivity contribution >= 4 is 11.6 Å². The van der Waals surface area contributed by atoms with Crippen molar-refractivity contribution in [2.45, 2.75) is 56.5 Å². The van der Waals surface area contributed by atoms with Crippen LogP contribution in [0.2, 0.25) is 5.02 Å². The van der Waals surface area contributed by atoms with Crippen LogP contribution in [0.15, 0.2) is 42.5 Å². The third-order valence-corrected chi connectivity index (χ3v) is 5.62. The van der Waals surface area contributed by atoms with Gasteiger partial charge < -0.3 is 29.9 Å². The molecule has 0 spiro atoms. The van der Waals surface area contributed by atoms with Gasteiger partial charge in [0.2, 0.25) is 0 Å². The second-order valence-corrected chi connectivity index (χ2v) is 8.47. The van der Waals surface area contributed by atoms with E-state index in [1.54, 1.807) is 12.1 Å². The Balaban J connectivity index is 1.54.